The minimum Gasteiger partial charge on any atom is -0.334 e. The molecule has 2 rings (SSSR count). The van der Waals surface area contributed by atoms with E-state index < -0.39 is 15.4 Å². The first kappa shape index (κ1) is 16.2. The molecule has 0 unspecified atom stereocenters. The van der Waals surface area contributed by atoms with Gasteiger partial charge in [-0.25, -0.2) is 18.2 Å². The molecule has 2 heterocycles. The first-order valence-electron chi connectivity index (χ1n) is 6.96. The van der Waals surface area contributed by atoms with E-state index in [-0.39, 0.29) is 23.6 Å². The monoisotopic (exact) mass is 331 g/mol. The van der Waals surface area contributed by atoms with Crippen LogP contribution in [-0.4, -0.2) is 37.0 Å². The topological polar surface area (TPSA) is 88.2 Å². The molecule has 0 saturated carbocycles. The van der Waals surface area contributed by atoms with Crippen LogP contribution in [0.4, 0.5) is 4.79 Å². The zero-order valence-electron chi connectivity index (χ0n) is 12.5. The van der Waals surface area contributed by atoms with Crippen molar-refractivity contribution in [1.29, 1.82) is 0 Å². The molecule has 2 amide bonds. The quantitative estimate of drug-likeness (QED) is 0.876. The number of amides is 2. The Balaban J connectivity index is 2.00. The third-order valence-electron chi connectivity index (χ3n) is 3.76. The first-order chi connectivity index (χ1) is 9.74. The molecule has 0 radical (unpaired) electrons. The van der Waals surface area contributed by atoms with Gasteiger partial charge in [-0.3, -0.25) is 0 Å². The molecule has 8 heteroatoms. The summed E-state index contributed by atoms with van der Waals surface area (Å²) in [6.07, 6.45) is 1.19. The molecule has 1 aliphatic rings. The lowest BCUT2D eigenvalue weighted by molar-refractivity contribution is 0.223. The average molecular weight is 331 g/mol. The normalized spacial score (nSPS) is 23.5. The summed E-state index contributed by atoms with van der Waals surface area (Å²) in [7, 11) is -2.99. The zero-order chi connectivity index (χ0) is 15.7. The molecule has 0 spiro atoms. The van der Waals surface area contributed by atoms with E-state index in [1.807, 2.05) is 26.2 Å². The van der Waals surface area contributed by atoms with Gasteiger partial charge in [0.05, 0.1) is 17.0 Å². The van der Waals surface area contributed by atoms with Crippen molar-refractivity contribution in [3.63, 3.8) is 0 Å². The summed E-state index contributed by atoms with van der Waals surface area (Å²) in [5.74, 6) is 0.175. The number of thiazole rings is 1. The van der Waals surface area contributed by atoms with E-state index in [4.69, 9.17) is 0 Å². The molecule has 0 bridgehead atoms. The number of nitrogens with one attached hydrogen (secondary N) is 2. The Morgan fingerprint density at radius 3 is 2.76 bits per heavy atom. The zero-order valence-corrected chi connectivity index (χ0v) is 14.1. The van der Waals surface area contributed by atoms with E-state index in [2.05, 4.69) is 15.6 Å². The smallest absolute Gasteiger partial charge is 0.315 e. The molecule has 0 aromatic carbocycles. The van der Waals surface area contributed by atoms with Crippen molar-refractivity contribution >= 4 is 27.2 Å². The number of carbonyl (C=O) groups is 1. The van der Waals surface area contributed by atoms with Crippen molar-refractivity contribution in [2.24, 2.45) is 0 Å². The molecule has 1 saturated heterocycles. The van der Waals surface area contributed by atoms with Gasteiger partial charge in [0.15, 0.2) is 9.84 Å². The molecule has 2 atom stereocenters. The van der Waals surface area contributed by atoms with Gasteiger partial charge in [0, 0.05) is 17.1 Å². The first-order valence-corrected chi connectivity index (χ1v) is 9.66. The lowest BCUT2D eigenvalue weighted by Gasteiger charge is -2.28. The van der Waals surface area contributed by atoms with E-state index in [0.717, 1.165) is 10.7 Å². The molecule has 0 aliphatic carbocycles. The Morgan fingerprint density at radius 1 is 1.57 bits per heavy atom. The van der Waals surface area contributed by atoms with Crippen LogP contribution in [0, 0.1) is 6.92 Å². The number of hydrogen-bond acceptors (Lipinski definition) is 5. The van der Waals surface area contributed by atoms with Crippen LogP contribution in [0.2, 0.25) is 0 Å². The molecule has 1 fully saturated rings. The van der Waals surface area contributed by atoms with Crippen LogP contribution >= 0.6 is 11.3 Å². The number of aromatic nitrogens is 1. The van der Waals surface area contributed by atoms with Crippen LogP contribution in [0.25, 0.3) is 0 Å². The molecule has 1 aromatic heterocycles. The lowest BCUT2D eigenvalue weighted by Crippen LogP contribution is -2.50. The highest BCUT2D eigenvalue weighted by atomic mass is 32.2. The SMILES string of the molecule is CC[C@@](C)(NC(=O)N[C@H]1CCS(=O)(=O)C1)c1nc(C)cs1. The summed E-state index contributed by atoms with van der Waals surface area (Å²) >= 11 is 1.52. The van der Waals surface area contributed by atoms with Crippen molar-refractivity contribution in [1.82, 2.24) is 15.6 Å². The van der Waals surface area contributed by atoms with Gasteiger partial charge in [-0.1, -0.05) is 6.92 Å². The van der Waals surface area contributed by atoms with E-state index >= 15 is 0 Å². The van der Waals surface area contributed by atoms with Crippen LogP contribution in [-0.2, 0) is 15.4 Å². The van der Waals surface area contributed by atoms with Gasteiger partial charge in [0.2, 0.25) is 0 Å². The largest absolute Gasteiger partial charge is 0.334 e. The Hall–Kier alpha value is -1.15. The van der Waals surface area contributed by atoms with Crippen LogP contribution in [0.1, 0.15) is 37.4 Å². The molecule has 21 heavy (non-hydrogen) atoms. The van der Waals surface area contributed by atoms with Crippen molar-refractivity contribution in [2.45, 2.75) is 45.2 Å². The standard InChI is InChI=1S/C13H21N3O3S2/c1-4-13(3,11-14-9(2)7-20-11)16-12(17)15-10-5-6-21(18,19)8-10/h7,10H,4-6,8H2,1-3H3,(H2,15,16,17)/t10-,13+/m0/s1. The van der Waals surface area contributed by atoms with E-state index in [1.54, 1.807) is 0 Å². The highest BCUT2D eigenvalue weighted by molar-refractivity contribution is 7.91. The summed E-state index contributed by atoms with van der Waals surface area (Å²) in [4.78, 5) is 16.6. The minimum absolute atomic E-state index is 0.0274. The minimum atomic E-state index is -2.99. The summed E-state index contributed by atoms with van der Waals surface area (Å²) < 4.78 is 22.8. The van der Waals surface area contributed by atoms with Crippen LogP contribution in [0.5, 0.6) is 0 Å². The molecule has 6 nitrogen and oxygen atoms in total. The second-order valence-electron chi connectivity index (χ2n) is 5.68. The molecule has 118 valence electrons. The van der Waals surface area contributed by atoms with Crippen molar-refractivity contribution < 1.29 is 13.2 Å². The predicted molar refractivity (Wildman–Crippen MR) is 83.2 cm³/mol. The van der Waals surface area contributed by atoms with Crippen LogP contribution < -0.4 is 10.6 Å². The Labute approximate surface area is 129 Å². The van der Waals surface area contributed by atoms with Gasteiger partial charge in [-0.2, -0.15) is 0 Å². The van der Waals surface area contributed by atoms with Gasteiger partial charge < -0.3 is 10.6 Å². The van der Waals surface area contributed by atoms with Gasteiger partial charge in [-0.05, 0) is 26.7 Å². The number of sulfone groups is 1. The number of urea groups is 1. The maximum Gasteiger partial charge on any atom is 0.315 e. The fourth-order valence-electron chi connectivity index (χ4n) is 2.28. The van der Waals surface area contributed by atoms with Gasteiger partial charge in [-0.15, -0.1) is 11.3 Å². The fourth-order valence-corrected chi connectivity index (χ4v) is 4.94. The summed E-state index contributed by atoms with van der Waals surface area (Å²) in [6.45, 7) is 5.83. The van der Waals surface area contributed by atoms with E-state index in [9.17, 15) is 13.2 Å². The van der Waals surface area contributed by atoms with Gasteiger partial charge >= 0.3 is 6.03 Å². The third-order valence-corrected chi connectivity index (χ3v) is 6.75. The second-order valence-corrected chi connectivity index (χ2v) is 8.76. The lowest BCUT2D eigenvalue weighted by atomic mass is 10.0. The highest BCUT2D eigenvalue weighted by Gasteiger charge is 2.33. The number of aryl methyl sites for hydroxylation is 1. The summed E-state index contributed by atoms with van der Waals surface area (Å²) in [5, 5.41) is 8.49. The van der Waals surface area contributed by atoms with E-state index in [1.165, 1.54) is 11.3 Å². The van der Waals surface area contributed by atoms with E-state index in [0.29, 0.717) is 12.8 Å². The Bertz CT molecular complexity index is 626. The predicted octanol–water partition coefficient (Wildman–Crippen LogP) is 1.56. The van der Waals surface area contributed by atoms with Crippen molar-refractivity contribution in [2.75, 3.05) is 11.5 Å². The molecular formula is C13H21N3O3S2. The van der Waals surface area contributed by atoms with Gasteiger partial charge in [0.1, 0.15) is 5.01 Å². The molecule has 1 aromatic rings. The highest BCUT2D eigenvalue weighted by Crippen LogP contribution is 2.27. The third kappa shape index (κ3) is 3.94. The number of rotatable bonds is 4. The van der Waals surface area contributed by atoms with Crippen LogP contribution in [0.3, 0.4) is 0 Å². The number of hydrogen-bond donors (Lipinski definition) is 2. The number of carbonyl (C=O) groups excluding carboxylic acids is 1. The fraction of sp³-hybridized carbons (Fsp3) is 0.692. The maximum absolute atomic E-state index is 12.1. The Morgan fingerprint density at radius 2 is 2.29 bits per heavy atom. The van der Waals surface area contributed by atoms with Crippen molar-refractivity contribution in [3.05, 3.63) is 16.1 Å². The summed E-state index contributed by atoms with van der Waals surface area (Å²) in [6, 6.07) is -0.636. The van der Waals surface area contributed by atoms with Gasteiger partial charge in [0.25, 0.3) is 0 Å². The van der Waals surface area contributed by atoms with Crippen molar-refractivity contribution in [3.8, 4) is 0 Å². The average Bonchev–Trinajstić information content (AvgIpc) is 2.95. The molecule has 2 N–H and O–H groups in total. The van der Waals surface area contributed by atoms with Crippen LogP contribution in [0.15, 0.2) is 5.38 Å². The number of nitrogens with zero attached hydrogens (tertiary/aromatic N) is 1. The maximum atomic E-state index is 12.1. The molecular weight excluding hydrogens is 310 g/mol. The summed E-state index contributed by atoms with van der Waals surface area (Å²) in [5.41, 5.74) is 0.388. The second kappa shape index (κ2) is 5.92. The Kier molecular flexibility index (Phi) is 4.57. The molecule has 1 aliphatic heterocycles.